The summed E-state index contributed by atoms with van der Waals surface area (Å²) >= 11 is 1.64. The van der Waals surface area contributed by atoms with E-state index in [-0.39, 0.29) is 6.03 Å². The van der Waals surface area contributed by atoms with Gasteiger partial charge in [0.25, 0.3) is 0 Å². The van der Waals surface area contributed by atoms with Gasteiger partial charge < -0.3 is 25.3 Å². The molecule has 2 aliphatic rings. The zero-order chi connectivity index (χ0) is 24.3. The minimum atomic E-state index is 0.00117. The van der Waals surface area contributed by atoms with Crippen molar-refractivity contribution in [2.45, 2.75) is 6.42 Å². The Kier molecular flexibility index (Phi) is 6.54. The van der Waals surface area contributed by atoms with Gasteiger partial charge in [-0.05, 0) is 42.3 Å². The monoisotopic (exact) mass is 503 g/mol. The number of amides is 2. The number of urea groups is 1. The Bertz CT molecular complexity index is 1410. The van der Waals surface area contributed by atoms with Crippen molar-refractivity contribution in [1.29, 1.82) is 0 Å². The summed E-state index contributed by atoms with van der Waals surface area (Å²) in [5.41, 5.74) is 8.01. The number of morpholine rings is 1. The van der Waals surface area contributed by atoms with Gasteiger partial charge in [0, 0.05) is 62.2 Å². The van der Waals surface area contributed by atoms with Crippen molar-refractivity contribution >= 4 is 55.6 Å². The van der Waals surface area contributed by atoms with E-state index >= 15 is 0 Å². The molecule has 0 bridgehead atoms. The van der Waals surface area contributed by atoms with Crippen molar-refractivity contribution in [2.75, 3.05) is 57.8 Å². The summed E-state index contributed by atoms with van der Waals surface area (Å²) in [6.45, 7) is 6.23. The Morgan fingerprint density at radius 2 is 2.06 bits per heavy atom. The second-order valence-electron chi connectivity index (χ2n) is 9.07. The maximum absolute atomic E-state index is 12.6. The van der Waals surface area contributed by atoms with Crippen LogP contribution in [0.1, 0.15) is 12.1 Å². The molecule has 0 aliphatic carbocycles. The minimum Gasteiger partial charge on any atom is -0.379 e. The summed E-state index contributed by atoms with van der Waals surface area (Å²) in [6.07, 6.45) is 4.75. The fraction of sp³-hybridized carbons (Fsp3) is 0.346. The highest BCUT2D eigenvalue weighted by molar-refractivity contribution is 7.16. The second-order valence-corrected chi connectivity index (χ2v) is 9.96. The van der Waals surface area contributed by atoms with Crippen LogP contribution in [0, 0.1) is 0 Å². The van der Waals surface area contributed by atoms with E-state index in [0.717, 1.165) is 77.6 Å². The molecule has 2 amide bonds. The predicted octanol–water partition coefficient (Wildman–Crippen LogP) is 4.05. The average molecular weight is 504 g/mol. The van der Waals surface area contributed by atoms with Crippen molar-refractivity contribution in [3.63, 3.8) is 0 Å². The largest absolute Gasteiger partial charge is 0.379 e. The lowest BCUT2D eigenvalue weighted by atomic mass is 10.0. The lowest BCUT2D eigenvalue weighted by Gasteiger charge is -2.29. The van der Waals surface area contributed by atoms with Gasteiger partial charge in [-0.15, -0.1) is 11.3 Å². The quantitative estimate of drug-likeness (QED) is 0.367. The molecule has 3 N–H and O–H groups in total. The summed E-state index contributed by atoms with van der Waals surface area (Å²) in [7, 11) is 0. The predicted molar refractivity (Wildman–Crippen MR) is 144 cm³/mol. The van der Waals surface area contributed by atoms with Crippen LogP contribution in [0.15, 0.2) is 48.1 Å². The summed E-state index contributed by atoms with van der Waals surface area (Å²) in [6, 6.07) is 10.4. The molecule has 36 heavy (non-hydrogen) atoms. The standard InChI is InChI=1S/C26H29N7O2S/c34-26(28-7-10-32-11-13-35-14-12-32)33-8-4-18(5-9-33)23-16-20-21(3-6-27-25(20)31-23)30-19-1-2-22-24(15-19)36-17-29-22/h1-4,6,15-17H,5,7-14H2,(H,28,34)(H2,27,30,31). The zero-order valence-corrected chi connectivity index (χ0v) is 20.8. The number of nitrogens with zero attached hydrogens (tertiary/aromatic N) is 4. The summed E-state index contributed by atoms with van der Waals surface area (Å²) in [5, 5.41) is 7.64. The van der Waals surface area contributed by atoms with Crippen LogP contribution in [0.5, 0.6) is 0 Å². The second kappa shape index (κ2) is 10.3. The van der Waals surface area contributed by atoms with Crippen LogP contribution in [0.4, 0.5) is 16.2 Å². The minimum absolute atomic E-state index is 0.00117. The smallest absolute Gasteiger partial charge is 0.317 e. The number of rotatable bonds is 6. The Labute approximate surface area is 213 Å². The van der Waals surface area contributed by atoms with Crippen LogP contribution in [-0.4, -0.2) is 83.3 Å². The summed E-state index contributed by atoms with van der Waals surface area (Å²) in [5.74, 6) is 0. The number of anilines is 2. The molecule has 0 unspecified atom stereocenters. The molecule has 4 aromatic rings. The molecule has 0 saturated carbocycles. The fourth-order valence-corrected chi connectivity index (χ4v) is 5.47. The lowest BCUT2D eigenvalue weighted by molar-refractivity contribution is 0.0386. The molecule has 1 fully saturated rings. The number of H-pyrrole nitrogens is 1. The Morgan fingerprint density at radius 3 is 2.92 bits per heavy atom. The highest BCUT2D eigenvalue weighted by Crippen LogP contribution is 2.31. The molecule has 1 saturated heterocycles. The number of carbonyl (C=O) groups is 1. The van der Waals surface area contributed by atoms with Gasteiger partial charge in [-0.1, -0.05) is 6.08 Å². The number of thiazole rings is 1. The molecule has 10 heteroatoms. The van der Waals surface area contributed by atoms with Gasteiger partial charge in [-0.3, -0.25) is 4.90 Å². The number of aromatic nitrogens is 3. The lowest BCUT2D eigenvalue weighted by Crippen LogP contribution is -2.46. The molecule has 2 aliphatic heterocycles. The van der Waals surface area contributed by atoms with Crippen molar-refractivity contribution in [2.24, 2.45) is 0 Å². The van der Waals surface area contributed by atoms with E-state index in [0.29, 0.717) is 19.6 Å². The first-order valence-electron chi connectivity index (χ1n) is 12.3. The molecule has 186 valence electrons. The Morgan fingerprint density at radius 1 is 1.14 bits per heavy atom. The third-order valence-corrected chi connectivity index (χ3v) is 7.58. The SMILES string of the molecule is O=C(NCCN1CCOCC1)N1CC=C(c2cc3c(Nc4ccc5ncsc5c4)ccnc3[nH]2)CC1. The molecule has 1 aromatic carbocycles. The molecular weight excluding hydrogens is 474 g/mol. The van der Waals surface area contributed by atoms with Crippen molar-refractivity contribution < 1.29 is 9.53 Å². The number of fused-ring (bicyclic) bond motifs is 2. The van der Waals surface area contributed by atoms with Gasteiger partial charge in [-0.25, -0.2) is 14.8 Å². The highest BCUT2D eigenvalue weighted by Gasteiger charge is 2.20. The van der Waals surface area contributed by atoms with Crippen LogP contribution in [0.25, 0.3) is 26.8 Å². The van der Waals surface area contributed by atoms with Crippen molar-refractivity contribution in [3.8, 4) is 0 Å². The highest BCUT2D eigenvalue weighted by atomic mass is 32.1. The van der Waals surface area contributed by atoms with E-state index in [4.69, 9.17) is 4.74 Å². The van der Waals surface area contributed by atoms with Crippen LogP contribution in [-0.2, 0) is 4.74 Å². The number of aromatic amines is 1. The van der Waals surface area contributed by atoms with Crippen molar-refractivity contribution in [1.82, 2.24) is 30.1 Å². The molecule has 0 atom stereocenters. The van der Waals surface area contributed by atoms with E-state index in [2.05, 4.69) is 48.7 Å². The third-order valence-electron chi connectivity index (χ3n) is 6.79. The van der Waals surface area contributed by atoms with E-state index in [1.54, 1.807) is 11.3 Å². The normalized spacial score (nSPS) is 16.9. The van der Waals surface area contributed by atoms with E-state index in [1.807, 2.05) is 34.8 Å². The number of pyridine rings is 1. The number of hydrogen-bond donors (Lipinski definition) is 3. The Balaban J connectivity index is 1.10. The van der Waals surface area contributed by atoms with Crippen LogP contribution < -0.4 is 10.6 Å². The molecule has 3 aromatic heterocycles. The van der Waals surface area contributed by atoms with Gasteiger partial charge in [0.1, 0.15) is 5.65 Å². The Hall–Kier alpha value is -3.47. The molecule has 9 nitrogen and oxygen atoms in total. The molecule has 6 rings (SSSR count). The summed E-state index contributed by atoms with van der Waals surface area (Å²) in [4.78, 5) is 29.2. The van der Waals surface area contributed by atoms with Gasteiger partial charge in [-0.2, -0.15) is 0 Å². The van der Waals surface area contributed by atoms with Gasteiger partial charge in [0.2, 0.25) is 0 Å². The van der Waals surface area contributed by atoms with Gasteiger partial charge in [0.05, 0.1) is 34.6 Å². The van der Waals surface area contributed by atoms with Gasteiger partial charge >= 0.3 is 6.03 Å². The van der Waals surface area contributed by atoms with Crippen LogP contribution in [0.2, 0.25) is 0 Å². The first-order chi connectivity index (χ1) is 17.7. The number of benzene rings is 1. The van der Waals surface area contributed by atoms with Crippen molar-refractivity contribution in [3.05, 3.63) is 53.8 Å². The maximum Gasteiger partial charge on any atom is 0.317 e. The maximum atomic E-state index is 12.6. The number of nitrogens with one attached hydrogen (secondary N) is 3. The van der Waals surface area contributed by atoms with E-state index in [9.17, 15) is 4.79 Å². The fourth-order valence-electron chi connectivity index (χ4n) is 4.75. The number of hydrogen-bond acceptors (Lipinski definition) is 7. The van der Waals surface area contributed by atoms with E-state index in [1.165, 1.54) is 5.57 Å². The number of ether oxygens (including phenoxy) is 1. The topological polar surface area (TPSA) is 98.4 Å². The van der Waals surface area contributed by atoms with Crippen LogP contribution >= 0.6 is 11.3 Å². The zero-order valence-electron chi connectivity index (χ0n) is 20.0. The summed E-state index contributed by atoms with van der Waals surface area (Å²) < 4.78 is 6.53. The average Bonchev–Trinajstić information content (AvgIpc) is 3.57. The number of carbonyl (C=O) groups excluding carboxylic acids is 1. The molecule has 5 heterocycles. The van der Waals surface area contributed by atoms with Crippen LogP contribution in [0.3, 0.4) is 0 Å². The molecule has 0 radical (unpaired) electrons. The third kappa shape index (κ3) is 4.92. The molecular formula is C26H29N7O2S. The first-order valence-corrected chi connectivity index (χ1v) is 13.2. The van der Waals surface area contributed by atoms with Gasteiger partial charge in [0.15, 0.2) is 0 Å². The molecule has 0 spiro atoms. The first kappa shape index (κ1) is 23.0. The van der Waals surface area contributed by atoms with E-state index < -0.39 is 0 Å².